The standard InChI is InChI=1S/C63H119NO5/c1-3-5-7-9-11-13-15-17-19-21-25-29-33-37-41-45-49-53-57-63(68)69-58-54-50-46-42-38-34-30-26-23-22-24-28-32-36-40-44-48-52-56-62(67)64-60(59-65)61(66)55-51-47-43-39-35-31-27-20-18-16-14-12-10-8-6-4-2/h13,15,19,21,24,28,60-61,65-66H,3-12,14,16-18,20,22-23,25-27,29-59H2,1-2H3,(H,64,67)/b15-13-,21-19-,28-24-. The molecule has 0 spiro atoms. The fraction of sp³-hybridized carbons (Fsp3) is 0.873. The van der Waals surface area contributed by atoms with Crippen molar-refractivity contribution in [2.24, 2.45) is 0 Å². The zero-order valence-electron chi connectivity index (χ0n) is 46.3. The van der Waals surface area contributed by atoms with Gasteiger partial charge in [0.25, 0.3) is 0 Å². The van der Waals surface area contributed by atoms with Crippen LogP contribution in [0.5, 0.6) is 0 Å². The second-order valence-corrected chi connectivity index (χ2v) is 21.0. The van der Waals surface area contributed by atoms with Gasteiger partial charge in [-0.15, -0.1) is 0 Å². The molecular formula is C63H119NO5. The fourth-order valence-corrected chi connectivity index (χ4v) is 9.43. The first-order valence-electron chi connectivity index (χ1n) is 30.7. The maximum atomic E-state index is 12.5. The van der Waals surface area contributed by atoms with Gasteiger partial charge in [-0.25, -0.2) is 0 Å². The van der Waals surface area contributed by atoms with Crippen LogP contribution in [0.3, 0.4) is 0 Å². The smallest absolute Gasteiger partial charge is 0.305 e. The van der Waals surface area contributed by atoms with Crippen LogP contribution >= 0.6 is 0 Å². The van der Waals surface area contributed by atoms with E-state index in [1.54, 1.807) is 0 Å². The molecule has 0 aliphatic heterocycles. The molecule has 3 N–H and O–H groups in total. The van der Waals surface area contributed by atoms with Crippen molar-refractivity contribution in [1.29, 1.82) is 0 Å². The van der Waals surface area contributed by atoms with Crippen LogP contribution < -0.4 is 5.32 Å². The predicted molar refractivity (Wildman–Crippen MR) is 301 cm³/mol. The highest BCUT2D eigenvalue weighted by molar-refractivity contribution is 5.76. The minimum atomic E-state index is -0.674. The van der Waals surface area contributed by atoms with Gasteiger partial charge in [0.2, 0.25) is 5.91 Å². The quantitative estimate of drug-likeness (QED) is 0.0321. The second kappa shape index (κ2) is 58.6. The van der Waals surface area contributed by atoms with Gasteiger partial charge in [0.1, 0.15) is 0 Å². The van der Waals surface area contributed by atoms with Gasteiger partial charge < -0.3 is 20.3 Å². The lowest BCUT2D eigenvalue weighted by Crippen LogP contribution is -2.45. The fourth-order valence-electron chi connectivity index (χ4n) is 9.43. The molecule has 0 aromatic rings. The molecule has 0 aromatic carbocycles. The zero-order valence-corrected chi connectivity index (χ0v) is 46.3. The third-order valence-electron chi connectivity index (χ3n) is 14.2. The largest absolute Gasteiger partial charge is 0.466 e. The molecule has 2 unspecified atom stereocenters. The molecule has 0 fully saturated rings. The molecule has 0 aromatic heterocycles. The molecular weight excluding hydrogens is 851 g/mol. The van der Waals surface area contributed by atoms with Crippen LogP contribution in [0.4, 0.5) is 0 Å². The van der Waals surface area contributed by atoms with Crippen molar-refractivity contribution >= 4 is 11.9 Å². The molecule has 406 valence electrons. The number of aliphatic hydroxyl groups is 2. The maximum Gasteiger partial charge on any atom is 0.305 e. The third kappa shape index (κ3) is 55.2. The van der Waals surface area contributed by atoms with E-state index < -0.39 is 12.1 Å². The summed E-state index contributed by atoms with van der Waals surface area (Å²) >= 11 is 0. The van der Waals surface area contributed by atoms with Gasteiger partial charge in [0, 0.05) is 12.8 Å². The number of esters is 1. The normalized spacial score (nSPS) is 12.8. The Morgan fingerprint density at radius 3 is 1.13 bits per heavy atom. The van der Waals surface area contributed by atoms with Gasteiger partial charge in [-0.1, -0.05) is 269 Å². The van der Waals surface area contributed by atoms with E-state index in [4.69, 9.17) is 4.74 Å². The molecule has 0 aliphatic carbocycles. The van der Waals surface area contributed by atoms with E-state index in [-0.39, 0.29) is 18.5 Å². The number of nitrogens with one attached hydrogen (secondary N) is 1. The van der Waals surface area contributed by atoms with E-state index in [0.717, 1.165) is 64.2 Å². The van der Waals surface area contributed by atoms with Crippen LogP contribution in [-0.4, -0.2) is 47.4 Å². The van der Waals surface area contributed by atoms with Crippen LogP contribution in [-0.2, 0) is 14.3 Å². The van der Waals surface area contributed by atoms with E-state index in [2.05, 4.69) is 55.6 Å². The number of carbonyl (C=O) groups is 2. The van der Waals surface area contributed by atoms with Crippen molar-refractivity contribution < 1.29 is 24.5 Å². The molecule has 69 heavy (non-hydrogen) atoms. The lowest BCUT2D eigenvalue weighted by atomic mass is 10.0. The highest BCUT2D eigenvalue weighted by atomic mass is 16.5. The molecule has 0 saturated carbocycles. The van der Waals surface area contributed by atoms with Crippen molar-refractivity contribution in [2.45, 2.75) is 341 Å². The van der Waals surface area contributed by atoms with Gasteiger partial charge in [0.05, 0.1) is 25.4 Å². The van der Waals surface area contributed by atoms with Crippen molar-refractivity contribution in [3.8, 4) is 0 Å². The first-order valence-corrected chi connectivity index (χ1v) is 30.7. The summed E-state index contributed by atoms with van der Waals surface area (Å²) in [5.41, 5.74) is 0. The Hall–Kier alpha value is -1.92. The SMILES string of the molecule is CCCCCC/C=C\C/C=C\CCCCCCCCCC(=O)OCCCCCCCCCCC/C=C\CCCCCCCC(=O)NC(CO)C(O)CCCCCCCCCCCCCCCCCC. The van der Waals surface area contributed by atoms with Crippen LogP contribution in [0, 0.1) is 0 Å². The second-order valence-electron chi connectivity index (χ2n) is 21.0. The Kier molecular flexibility index (Phi) is 57.0. The average Bonchev–Trinajstić information content (AvgIpc) is 3.35. The molecule has 6 nitrogen and oxygen atoms in total. The number of hydrogen-bond acceptors (Lipinski definition) is 5. The Labute approximate surface area is 430 Å². The van der Waals surface area contributed by atoms with E-state index in [0.29, 0.717) is 25.9 Å². The Morgan fingerprint density at radius 2 is 0.725 bits per heavy atom. The Bertz CT molecular complexity index is 1120. The summed E-state index contributed by atoms with van der Waals surface area (Å²) in [6.45, 7) is 4.93. The maximum absolute atomic E-state index is 12.5. The van der Waals surface area contributed by atoms with Crippen molar-refractivity contribution in [3.63, 3.8) is 0 Å². The summed E-state index contributed by atoms with van der Waals surface area (Å²) in [4.78, 5) is 24.6. The number of allylic oxidation sites excluding steroid dienone is 6. The first kappa shape index (κ1) is 67.1. The van der Waals surface area contributed by atoms with Gasteiger partial charge in [-0.2, -0.15) is 0 Å². The monoisotopic (exact) mass is 970 g/mol. The molecule has 6 heteroatoms. The lowest BCUT2D eigenvalue weighted by molar-refractivity contribution is -0.143. The van der Waals surface area contributed by atoms with E-state index in [1.807, 2.05) is 0 Å². The van der Waals surface area contributed by atoms with Gasteiger partial charge in [-0.05, 0) is 83.5 Å². The topological polar surface area (TPSA) is 95.9 Å². The lowest BCUT2D eigenvalue weighted by Gasteiger charge is -2.22. The molecule has 0 aliphatic rings. The Balaban J connectivity index is 3.44. The van der Waals surface area contributed by atoms with E-state index in [9.17, 15) is 19.8 Å². The molecule has 1 amide bonds. The van der Waals surface area contributed by atoms with Crippen LogP contribution in [0.15, 0.2) is 36.5 Å². The summed E-state index contributed by atoms with van der Waals surface area (Å²) in [6.07, 6.45) is 72.8. The number of aliphatic hydroxyl groups excluding tert-OH is 2. The third-order valence-corrected chi connectivity index (χ3v) is 14.2. The van der Waals surface area contributed by atoms with Crippen molar-refractivity contribution in [2.75, 3.05) is 13.2 Å². The summed E-state index contributed by atoms with van der Waals surface area (Å²) in [7, 11) is 0. The summed E-state index contributed by atoms with van der Waals surface area (Å²) in [5, 5.41) is 23.3. The minimum absolute atomic E-state index is 0.00417. The number of ether oxygens (including phenoxy) is 1. The van der Waals surface area contributed by atoms with E-state index in [1.165, 1.54) is 231 Å². The first-order chi connectivity index (χ1) is 34.0. The van der Waals surface area contributed by atoms with E-state index >= 15 is 0 Å². The van der Waals surface area contributed by atoms with Gasteiger partial charge in [-0.3, -0.25) is 9.59 Å². The number of unbranched alkanes of at least 4 members (excludes halogenated alkanes) is 40. The highest BCUT2D eigenvalue weighted by Crippen LogP contribution is 2.17. The van der Waals surface area contributed by atoms with Crippen LogP contribution in [0.25, 0.3) is 0 Å². The summed E-state index contributed by atoms with van der Waals surface area (Å²) < 4.78 is 5.48. The minimum Gasteiger partial charge on any atom is -0.466 e. The van der Waals surface area contributed by atoms with Gasteiger partial charge >= 0.3 is 5.97 Å². The van der Waals surface area contributed by atoms with Gasteiger partial charge in [0.15, 0.2) is 0 Å². The molecule has 0 heterocycles. The molecule has 2 atom stereocenters. The summed E-state index contributed by atoms with van der Waals surface area (Å²) in [6, 6.07) is -0.552. The molecule has 0 radical (unpaired) electrons. The number of amides is 1. The summed E-state index contributed by atoms with van der Waals surface area (Å²) in [5.74, 6) is -0.0522. The number of carbonyl (C=O) groups excluding carboxylic acids is 2. The molecule has 0 saturated heterocycles. The molecule has 0 rings (SSSR count). The van der Waals surface area contributed by atoms with Crippen molar-refractivity contribution in [3.05, 3.63) is 36.5 Å². The predicted octanol–water partition coefficient (Wildman–Crippen LogP) is 19.2. The van der Waals surface area contributed by atoms with Crippen molar-refractivity contribution in [1.82, 2.24) is 5.32 Å². The zero-order chi connectivity index (χ0) is 50.0. The molecule has 0 bridgehead atoms. The van der Waals surface area contributed by atoms with Crippen LogP contribution in [0.1, 0.15) is 328 Å². The number of rotatable bonds is 57. The highest BCUT2D eigenvalue weighted by Gasteiger charge is 2.20. The Morgan fingerprint density at radius 1 is 0.406 bits per heavy atom. The average molecular weight is 971 g/mol. The number of hydrogen-bond donors (Lipinski definition) is 3. The van der Waals surface area contributed by atoms with Crippen LogP contribution in [0.2, 0.25) is 0 Å².